The molecule has 2 aromatic carbocycles. The van der Waals surface area contributed by atoms with Crippen molar-refractivity contribution in [3.05, 3.63) is 59.7 Å². The summed E-state index contributed by atoms with van der Waals surface area (Å²) in [6.45, 7) is 6.71. The molecule has 3 N–H and O–H groups in total. The molecule has 2 aromatic rings. The van der Waals surface area contributed by atoms with Crippen LogP contribution < -0.4 is 15.2 Å². The number of hydrogen-bond donors (Lipinski definition) is 2. The molecule has 0 saturated carbocycles. The second-order valence-electron chi connectivity index (χ2n) is 6.79. The molecule has 0 aromatic heterocycles. The number of benzene rings is 2. The summed E-state index contributed by atoms with van der Waals surface area (Å²) in [4.78, 5) is 0.143. The molecule has 0 radical (unpaired) electrons. The highest BCUT2D eigenvalue weighted by Crippen LogP contribution is 2.13. The number of ether oxygens (including phenoxy) is 1. The quantitative estimate of drug-likeness (QED) is 0.624. The highest BCUT2D eigenvalue weighted by molar-refractivity contribution is 7.89. The van der Waals surface area contributed by atoms with Crippen molar-refractivity contribution in [1.82, 2.24) is 5.32 Å². The van der Waals surface area contributed by atoms with Crippen LogP contribution >= 0.6 is 0 Å². The summed E-state index contributed by atoms with van der Waals surface area (Å²) < 4.78 is 28.2. The fraction of sp³-hybridized carbons (Fsp3) is 0.400. The number of primary sulfonamides is 1. The molecule has 0 aliphatic heterocycles. The van der Waals surface area contributed by atoms with E-state index < -0.39 is 10.0 Å². The maximum Gasteiger partial charge on any atom is 0.238 e. The minimum absolute atomic E-state index is 0.143. The lowest BCUT2D eigenvalue weighted by atomic mass is 10.1. The molecule has 5 nitrogen and oxygen atoms in total. The monoisotopic (exact) mass is 376 g/mol. The highest BCUT2D eigenvalue weighted by Gasteiger charge is 2.06. The molecule has 0 heterocycles. The predicted octanol–water partition coefficient (Wildman–Crippen LogP) is 3.09. The van der Waals surface area contributed by atoms with E-state index in [1.54, 1.807) is 24.3 Å². The molecule has 0 amide bonds. The summed E-state index contributed by atoms with van der Waals surface area (Å²) in [6, 6.07) is 14.8. The molecule has 0 saturated heterocycles. The topological polar surface area (TPSA) is 81.4 Å². The first-order valence-corrected chi connectivity index (χ1v) is 10.4. The molecule has 2 rings (SSSR count). The molecule has 0 unspecified atom stereocenters. The van der Waals surface area contributed by atoms with E-state index in [2.05, 4.69) is 31.3 Å². The minimum atomic E-state index is -3.62. The third-order valence-corrected chi connectivity index (χ3v) is 4.99. The highest BCUT2D eigenvalue weighted by atomic mass is 32.2. The summed E-state index contributed by atoms with van der Waals surface area (Å²) in [5.74, 6) is 1.55. The van der Waals surface area contributed by atoms with Gasteiger partial charge in [-0.25, -0.2) is 13.6 Å². The Balaban J connectivity index is 1.71. The van der Waals surface area contributed by atoms with Crippen LogP contribution in [-0.2, 0) is 23.0 Å². The maximum atomic E-state index is 11.2. The second kappa shape index (κ2) is 9.71. The zero-order valence-corrected chi connectivity index (χ0v) is 16.3. The normalized spacial score (nSPS) is 11.7. The van der Waals surface area contributed by atoms with E-state index in [1.807, 2.05) is 12.1 Å². The van der Waals surface area contributed by atoms with Gasteiger partial charge in [-0.2, -0.15) is 0 Å². The largest absolute Gasteiger partial charge is 0.494 e. The van der Waals surface area contributed by atoms with Crippen LogP contribution in [0.4, 0.5) is 0 Å². The van der Waals surface area contributed by atoms with Crippen molar-refractivity contribution in [3.8, 4) is 5.75 Å². The van der Waals surface area contributed by atoms with Crippen LogP contribution in [0, 0.1) is 5.92 Å². The van der Waals surface area contributed by atoms with Crippen molar-refractivity contribution in [1.29, 1.82) is 0 Å². The van der Waals surface area contributed by atoms with E-state index in [4.69, 9.17) is 9.88 Å². The van der Waals surface area contributed by atoms with Gasteiger partial charge in [0.2, 0.25) is 10.0 Å². The Morgan fingerprint density at radius 2 is 1.62 bits per heavy atom. The van der Waals surface area contributed by atoms with Gasteiger partial charge in [-0.15, -0.1) is 0 Å². The molecule has 26 heavy (non-hydrogen) atoms. The lowest BCUT2D eigenvalue weighted by molar-refractivity contribution is 0.289. The Hall–Kier alpha value is -1.89. The van der Waals surface area contributed by atoms with E-state index in [9.17, 15) is 8.42 Å². The fourth-order valence-electron chi connectivity index (χ4n) is 2.43. The van der Waals surface area contributed by atoms with Gasteiger partial charge in [-0.3, -0.25) is 0 Å². The van der Waals surface area contributed by atoms with Gasteiger partial charge in [0.05, 0.1) is 11.5 Å². The minimum Gasteiger partial charge on any atom is -0.494 e. The van der Waals surface area contributed by atoms with Gasteiger partial charge in [-0.05, 0) is 60.7 Å². The van der Waals surface area contributed by atoms with E-state index in [0.717, 1.165) is 43.9 Å². The van der Waals surface area contributed by atoms with Gasteiger partial charge in [0.25, 0.3) is 0 Å². The zero-order valence-electron chi connectivity index (χ0n) is 15.4. The van der Waals surface area contributed by atoms with Crippen LogP contribution in [-0.4, -0.2) is 21.6 Å². The molecule has 0 fully saturated rings. The van der Waals surface area contributed by atoms with E-state index in [-0.39, 0.29) is 4.90 Å². The fourth-order valence-corrected chi connectivity index (χ4v) is 2.94. The molecule has 0 bridgehead atoms. The van der Waals surface area contributed by atoms with Gasteiger partial charge in [-0.1, -0.05) is 38.1 Å². The Morgan fingerprint density at radius 3 is 2.19 bits per heavy atom. The third kappa shape index (κ3) is 7.15. The number of rotatable bonds is 10. The van der Waals surface area contributed by atoms with Crippen LogP contribution in [0.2, 0.25) is 0 Å². The standard InChI is InChI=1S/C20H28N2O3S/c1-16(2)12-14-25-19-7-3-18(4-8-19)15-22-13-11-17-5-9-20(10-6-17)26(21,23)24/h3-10,16,22H,11-15H2,1-2H3,(H2,21,23,24). The third-order valence-electron chi connectivity index (χ3n) is 4.06. The molecule has 142 valence electrons. The summed E-state index contributed by atoms with van der Waals surface area (Å²) >= 11 is 0. The van der Waals surface area contributed by atoms with Crippen molar-refractivity contribution in [2.24, 2.45) is 11.1 Å². The average Bonchev–Trinajstić information content (AvgIpc) is 2.59. The molecular weight excluding hydrogens is 348 g/mol. The van der Waals surface area contributed by atoms with E-state index in [1.165, 1.54) is 5.56 Å². The second-order valence-corrected chi connectivity index (χ2v) is 8.35. The van der Waals surface area contributed by atoms with Gasteiger partial charge in [0.15, 0.2) is 0 Å². The summed E-state index contributed by atoms with van der Waals surface area (Å²) in [6.07, 6.45) is 1.88. The van der Waals surface area contributed by atoms with Gasteiger partial charge in [0.1, 0.15) is 5.75 Å². The van der Waals surface area contributed by atoms with Crippen molar-refractivity contribution in [2.75, 3.05) is 13.2 Å². The number of hydrogen-bond acceptors (Lipinski definition) is 4. The lowest BCUT2D eigenvalue weighted by Gasteiger charge is -2.09. The SMILES string of the molecule is CC(C)CCOc1ccc(CNCCc2ccc(S(N)(=O)=O)cc2)cc1. The van der Waals surface area contributed by atoms with E-state index in [0.29, 0.717) is 5.92 Å². The first-order valence-electron chi connectivity index (χ1n) is 8.89. The summed E-state index contributed by atoms with van der Waals surface area (Å²) in [5.41, 5.74) is 2.27. The van der Waals surface area contributed by atoms with Crippen LogP contribution in [0.3, 0.4) is 0 Å². The van der Waals surface area contributed by atoms with Crippen molar-refractivity contribution < 1.29 is 13.2 Å². The van der Waals surface area contributed by atoms with Crippen LogP contribution in [0.25, 0.3) is 0 Å². The predicted molar refractivity (Wildman–Crippen MR) is 105 cm³/mol. The Bertz CT molecular complexity index is 770. The van der Waals surface area contributed by atoms with Crippen LogP contribution in [0.1, 0.15) is 31.4 Å². The first-order chi connectivity index (χ1) is 12.3. The molecular formula is C20H28N2O3S. The molecule has 0 spiro atoms. The zero-order chi connectivity index (χ0) is 19.0. The van der Waals surface area contributed by atoms with Crippen LogP contribution in [0.15, 0.2) is 53.4 Å². The summed E-state index contributed by atoms with van der Waals surface area (Å²) in [7, 11) is -3.62. The van der Waals surface area contributed by atoms with Gasteiger partial charge < -0.3 is 10.1 Å². The van der Waals surface area contributed by atoms with Gasteiger partial charge in [0, 0.05) is 6.54 Å². The van der Waals surface area contributed by atoms with Crippen molar-refractivity contribution >= 4 is 10.0 Å². The van der Waals surface area contributed by atoms with Gasteiger partial charge >= 0.3 is 0 Å². The first kappa shape index (κ1) is 20.4. The summed E-state index contributed by atoms with van der Waals surface area (Å²) in [5, 5.41) is 8.48. The number of sulfonamides is 1. The smallest absolute Gasteiger partial charge is 0.238 e. The lowest BCUT2D eigenvalue weighted by Crippen LogP contribution is -2.17. The molecule has 0 atom stereocenters. The molecule has 0 aliphatic rings. The maximum absolute atomic E-state index is 11.2. The Labute approximate surface area is 156 Å². The average molecular weight is 377 g/mol. The molecule has 0 aliphatic carbocycles. The van der Waals surface area contributed by atoms with Crippen LogP contribution in [0.5, 0.6) is 5.75 Å². The van der Waals surface area contributed by atoms with Crippen molar-refractivity contribution in [3.63, 3.8) is 0 Å². The molecule has 6 heteroatoms. The Morgan fingerprint density at radius 1 is 1.00 bits per heavy atom. The Kier molecular flexibility index (Phi) is 7.63. The number of nitrogens with one attached hydrogen (secondary N) is 1. The van der Waals surface area contributed by atoms with E-state index >= 15 is 0 Å². The van der Waals surface area contributed by atoms with Crippen molar-refractivity contribution in [2.45, 2.75) is 38.1 Å². The number of nitrogens with two attached hydrogens (primary N) is 1.